The third kappa shape index (κ3) is 4.34. The molecule has 0 radical (unpaired) electrons. The molecule has 2 heterocycles. The van der Waals surface area contributed by atoms with E-state index in [1.165, 1.54) is 17.3 Å². The van der Waals surface area contributed by atoms with Crippen LogP contribution in [-0.4, -0.2) is 25.9 Å². The Bertz CT molecular complexity index is 1240. The van der Waals surface area contributed by atoms with Crippen molar-refractivity contribution in [2.75, 3.05) is 5.32 Å². The quantitative estimate of drug-likeness (QED) is 0.374. The van der Waals surface area contributed by atoms with Gasteiger partial charge in [-0.1, -0.05) is 47.7 Å². The second-order valence-corrected chi connectivity index (χ2v) is 9.20. The number of carbonyl (C=O) groups excluding carboxylic acids is 1. The molecule has 0 aliphatic rings. The number of hydrogen-bond donors (Lipinski definition) is 1. The van der Waals surface area contributed by atoms with Gasteiger partial charge in [0.05, 0.1) is 17.1 Å². The first-order valence-corrected chi connectivity index (χ1v) is 11.3. The number of thioether (sulfide) groups is 1. The highest BCUT2D eigenvalue weighted by Crippen LogP contribution is 2.32. The molecule has 0 fully saturated rings. The Labute approximate surface area is 192 Å². The van der Waals surface area contributed by atoms with Gasteiger partial charge < -0.3 is 9.73 Å². The number of benzene rings is 2. The van der Waals surface area contributed by atoms with Crippen LogP contribution in [0.15, 0.2) is 64.4 Å². The topological polar surface area (TPSA) is 73.0 Å². The Morgan fingerprint density at radius 1 is 1.03 bits per heavy atom. The van der Waals surface area contributed by atoms with Crippen molar-refractivity contribution in [1.29, 1.82) is 0 Å². The van der Waals surface area contributed by atoms with E-state index >= 15 is 0 Å². The average Bonchev–Trinajstić information content (AvgIpc) is 3.36. The fourth-order valence-electron chi connectivity index (χ4n) is 3.76. The largest absolute Gasteiger partial charge is 0.469 e. The van der Waals surface area contributed by atoms with Crippen LogP contribution in [-0.2, 0) is 4.79 Å². The van der Waals surface area contributed by atoms with Gasteiger partial charge in [-0.15, -0.1) is 10.2 Å². The van der Waals surface area contributed by atoms with Crippen molar-refractivity contribution in [3.8, 4) is 17.1 Å². The van der Waals surface area contributed by atoms with Gasteiger partial charge in [-0.3, -0.25) is 9.36 Å². The Morgan fingerprint density at radius 2 is 1.72 bits per heavy atom. The number of aryl methyl sites for hydroxylation is 4. The molecule has 4 rings (SSSR count). The van der Waals surface area contributed by atoms with Gasteiger partial charge in [0.15, 0.2) is 11.0 Å². The van der Waals surface area contributed by atoms with Gasteiger partial charge in [0.25, 0.3) is 0 Å². The van der Waals surface area contributed by atoms with E-state index in [0.29, 0.717) is 11.0 Å². The molecule has 0 saturated carbocycles. The number of nitrogens with one attached hydrogen (secondary N) is 1. The minimum atomic E-state index is -0.375. The van der Waals surface area contributed by atoms with Crippen molar-refractivity contribution < 1.29 is 9.21 Å². The zero-order valence-electron chi connectivity index (χ0n) is 18.8. The number of para-hydroxylation sites is 1. The third-order valence-electron chi connectivity index (χ3n) is 5.32. The summed E-state index contributed by atoms with van der Waals surface area (Å²) in [6, 6.07) is 15.9. The maximum atomic E-state index is 13.0. The number of carbonyl (C=O) groups is 1. The molecule has 0 aliphatic carbocycles. The summed E-state index contributed by atoms with van der Waals surface area (Å²) in [5.41, 5.74) is 5.95. The summed E-state index contributed by atoms with van der Waals surface area (Å²) in [5, 5.41) is 12.2. The van der Waals surface area contributed by atoms with Gasteiger partial charge in [-0.2, -0.15) is 0 Å². The fourth-order valence-corrected chi connectivity index (χ4v) is 4.63. The Balaban J connectivity index is 1.64. The van der Waals surface area contributed by atoms with Crippen molar-refractivity contribution in [3.05, 3.63) is 77.2 Å². The van der Waals surface area contributed by atoms with E-state index in [0.717, 1.165) is 33.8 Å². The molecule has 0 spiro atoms. The Kier molecular flexibility index (Phi) is 6.19. The number of rotatable bonds is 6. The van der Waals surface area contributed by atoms with Gasteiger partial charge >= 0.3 is 0 Å². The van der Waals surface area contributed by atoms with Crippen molar-refractivity contribution in [2.45, 2.75) is 45.0 Å². The molecule has 2 aromatic heterocycles. The lowest BCUT2D eigenvalue weighted by Gasteiger charge is -2.16. The highest BCUT2D eigenvalue weighted by molar-refractivity contribution is 8.00. The maximum absolute atomic E-state index is 13.0. The summed E-state index contributed by atoms with van der Waals surface area (Å²) in [6.45, 7) is 9.86. The van der Waals surface area contributed by atoms with Crippen LogP contribution in [0.25, 0.3) is 17.1 Å². The lowest BCUT2D eigenvalue weighted by atomic mass is 10.1. The number of aromatic nitrogens is 3. The molecule has 2 aromatic carbocycles. The summed E-state index contributed by atoms with van der Waals surface area (Å²) in [5.74, 6) is 1.37. The molecule has 1 unspecified atom stereocenters. The van der Waals surface area contributed by atoms with E-state index in [1.807, 2.05) is 68.7 Å². The van der Waals surface area contributed by atoms with Crippen LogP contribution in [0.1, 0.15) is 29.4 Å². The van der Waals surface area contributed by atoms with E-state index in [1.54, 1.807) is 6.26 Å². The van der Waals surface area contributed by atoms with Gasteiger partial charge in [-0.05, 0) is 63.9 Å². The lowest BCUT2D eigenvalue weighted by molar-refractivity contribution is -0.115. The molecule has 1 atom stereocenters. The number of furan rings is 1. The first kappa shape index (κ1) is 21.9. The molecule has 0 aliphatic heterocycles. The summed E-state index contributed by atoms with van der Waals surface area (Å²) in [4.78, 5) is 13.0. The molecule has 1 N–H and O–H groups in total. The van der Waals surface area contributed by atoms with Crippen LogP contribution in [0.4, 0.5) is 5.69 Å². The zero-order valence-corrected chi connectivity index (χ0v) is 19.7. The molecule has 0 bridgehead atoms. The molecule has 4 aromatic rings. The Hall–Kier alpha value is -3.32. The predicted molar refractivity (Wildman–Crippen MR) is 128 cm³/mol. The van der Waals surface area contributed by atoms with Crippen molar-refractivity contribution in [1.82, 2.24) is 14.8 Å². The van der Waals surface area contributed by atoms with E-state index in [9.17, 15) is 4.79 Å². The molecular weight excluding hydrogens is 420 g/mol. The third-order valence-corrected chi connectivity index (χ3v) is 6.37. The molecule has 0 saturated heterocycles. The van der Waals surface area contributed by atoms with Crippen LogP contribution in [0.3, 0.4) is 0 Å². The van der Waals surface area contributed by atoms with Crippen molar-refractivity contribution in [3.63, 3.8) is 0 Å². The SMILES string of the molecule is Cc1cc(C)c(NC(=O)C(C)Sc2nnc(-c3ccoc3C)n2-c2ccccc2)c(C)c1. The number of anilines is 1. The zero-order chi connectivity index (χ0) is 22.8. The average molecular weight is 447 g/mol. The first-order valence-electron chi connectivity index (χ1n) is 10.5. The standard InChI is InChI=1S/C25H26N4O2S/c1-15-13-16(2)22(17(3)14-15)26-24(30)19(5)32-25-28-27-23(21-11-12-31-18(21)4)29(25)20-9-7-6-8-10-20/h6-14,19H,1-5H3,(H,26,30). The number of hydrogen-bond acceptors (Lipinski definition) is 5. The van der Waals surface area contributed by atoms with Crippen molar-refractivity contribution in [2.24, 2.45) is 0 Å². The van der Waals surface area contributed by atoms with E-state index < -0.39 is 0 Å². The smallest absolute Gasteiger partial charge is 0.237 e. The van der Waals surface area contributed by atoms with E-state index in [4.69, 9.17) is 4.42 Å². The van der Waals surface area contributed by atoms with Gasteiger partial charge in [-0.25, -0.2) is 0 Å². The van der Waals surface area contributed by atoms with Gasteiger partial charge in [0.2, 0.25) is 5.91 Å². The van der Waals surface area contributed by atoms with Crippen LogP contribution in [0, 0.1) is 27.7 Å². The molecule has 32 heavy (non-hydrogen) atoms. The minimum Gasteiger partial charge on any atom is -0.469 e. The maximum Gasteiger partial charge on any atom is 0.237 e. The molecule has 1 amide bonds. The minimum absolute atomic E-state index is 0.0753. The lowest BCUT2D eigenvalue weighted by Crippen LogP contribution is -2.24. The van der Waals surface area contributed by atoms with Gasteiger partial charge in [0.1, 0.15) is 5.76 Å². The number of amides is 1. The predicted octanol–water partition coefficient (Wildman–Crippen LogP) is 5.88. The van der Waals surface area contributed by atoms with E-state index in [2.05, 4.69) is 34.6 Å². The Morgan fingerprint density at radius 3 is 2.34 bits per heavy atom. The molecular formula is C25H26N4O2S. The second-order valence-electron chi connectivity index (χ2n) is 7.89. The second kappa shape index (κ2) is 9.04. The summed E-state index contributed by atoms with van der Waals surface area (Å²) < 4.78 is 7.45. The summed E-state index contributed by atoms with van der Waals surface area (Å²) >= 11 is 1.38. The van der Waals surface area contributed by atoms with Gasteiger partial charge in [0, 0.05) is 11.4 Å². The number of nitrogens with zero attached hydrogens (tertiary/aromatic N) is 3. The van der Waals surface area contributed by atoms with Crippen molar-refractivity contribution >= 4 is 23.4 Å². The van der Waals surface area contributed by atoms with Crippen LogP contribution in [0.5, 0.6) is 0 Å². The molecule has 6 nitrogen and oxygen atoms in total. The summed E-state index contributed by atoms with van der Waals surface area (Å²) in [7, 11) is 0. The fraction of sp³-hybridized carbons (Fsp3) is 0.240. The molecule has 7 heteroatoms. The van der Waals surface area contributed by atoms with Crippen LogP contribution >= 0.6 is 11.8 Å². The van der Waals surface area contributed by atoms with Crippen LogP contribution in [0.2, 0.25) is 0 Å². The van der Waals surface area contributed by atoms with Crippen LogP contribution < -0.4 is 5.32 Å². The first-order chi connectivity index (χ1) is 15.3. The normalized spacial score (nSPS) is 12.0. The highest BCUT2D eigenvalue weighted by Gasteiger charge is 2.23. The molecule has 164 valence electrons. The summed E-state index contributed by atoms with van der Waals surface area (Å²) in [6.07, 6.45) is 1.64. The monoisotopic (exact) mass is 446 g/mol. The highest BCUT2D eigenvalue weighted by atomic mass is 32.2. The van der Waals surface area contributed by atoms with E-state index in [-0.39, 0.29) is 11.2 Å².